The van der Waals surface area contributed by atoms with Gasteiger partial charge in [-0.25, -0.2) is 4.98 Å². The Morgan fingerprint density at radius 3 is 2.91 bits per heavy atom. The molecule has 2 aliphatic heterocycles. The maximum absolute atomic E-state index is 12.7. The number of nitrogens with zero attached hydrogens (tertiary/aromatic N) is 3. The minimum absolute atomic E-state index is 0.0543. The Bertz CT molecular complexity index is 883. The molecule has 1 atom stereocenters. The molecule has 1 aromatic heterocycles. The molecule has 0 saturated carbocycles. The molecule has 7 heteroatoms. The van der Waals surface area contributed by atoms with Crippen LogP contribution in [0.4, 0.5) is 0 Å². The first-order valence-electron chi connectivity index (χ1n) is 12.0. The lowest BCUT2D eigenvalue weighted by Gasteiger charge is -2.31. The number of allylic oxidation sites excluding steroid dienone is 6. The van der Waals surface area contributed by atoms with Crippen molar-refractivity contribution in [3.63, 3.8) is 0 Å². The third kappa shape index (κ3) is 6.33. The first-order chi connectivity index (χ1) is 15.6. The number of likely N-dealkylation sites (tertiary alicyclic amines) is 2. The summed E-state index contributed by atoms with van der Waals surface area (Å²) in [6, 6.07) is 0. The lowest BCUT2D eigenvalue weighted by Crippen LogP contribution is -2.43. The summed E-state index contributed by atoms with van der Waals surface area (Å²) in [7, 11) is 0. The number of nitrogens with one attached hydrogen (secondary N) is 1. The number of rotatable bonds is 8. The number of hydrogen-bond donors (Lipinski definition) is 1. The fourth-order valence-electron chi connectivity index (χ4n) is 4.75. The van der Waals surface area contributed by atoms with Crippen molar-refractivity contribution < 1.29 is 9.21 Å². The number of piperidine rings is 1. The maximum atomic E-state index is 12.7. The number of oxazole rings is 1. The third-order valence-corrected chi connectivity index (χ3v) is 6.84. The van der Waals surface area contributed by atoms with Gasteiger partial charge in [-0.1, -0.05) is 29.8 Å². The highest BCUT2D eigenvalue weighted by molar-refractivity contribution is 6.31. The molecule has 0 radical (unpaired) electrons. The summed E-state index contributed by atoms with van der Waals surface area (Å²) in [4.78, 5) is 22.3. The van der Waals surface area contributed by atoms with E-state index < -0.39 is 0 Å². The molecule has 0 bridgehead atoms. The molecule has 2 fully saturated rings. The summed E-state index contributed by atoms with van der Waals surface area (Å²) in [5, 5.41) is 3.87. The van der Waals surface area contributed by atoms with Crippen LogP contribution in [0.15, 0.2) is 33.8 Å². The average molecular weight is 459 g/mol. The monoisotopic (exact) mass is 458 g/mol. The van der Waals surface area contributed by atoms with Crippen molar-refractivity contribution in [1.29, 1.82) is 0 Å². The molecule has 3 heterocycles. The number of aromatic nitrogens is 1. The fraction of sp³-hybridized carbons (Fsp3) is 0.600. The molecule has 6 nitrogen and oxygen atoms in total. The lowest BCUT2D eigenvalue weighted by molar-refractivity contribution is -0.126. The number of carbonyl (C=O) groups excluding carboxylic acids is 1. The molecule has 2 saturated heterocycles. The van der Waals surface area contributed by atoms with Crippen molar-refractivity contribution >= 4 is 23.1 Å². The van der Waals surface area contributed by atoms with Crippen molar-refractivity contribution in [2.24, 2.45) is 5.92 Å². The van der Waals surface area contributed by atoms with E-state index in [9.17, 15) is 4.79 Å². The van der Waals surface area contributed by atoms with Gasteiger partial charge in [0, 0.05) is 30.2 Å². The molecule has 1 unspecified atom stereocenters. The zero-order chi connectivity index (χ0) is 22.3. The normalized spacial score (nSPS) is 22.5. The molecule has 0 aromatic carbocycles. The van der Waals surface area contributed by atoms with Gasteiger partial charge in [-0.2, -0.15) is 0 Å². The summed E-state index contributed by atoms with van der Waals surface area (Å²) in [5.41, 5.74) is 1.83. The highest BCUT2D eigenvalue weighted by Crippen LogP contribution is 2.26. The highest BCUT2D eigenvalue weighted by atomic mass is 35.5. The van der Waals surface area contributed by atoms with Gasteiger partial charge in [-0.15, -0.1) is 0 Å². The van der Waals surface area contributed by atoms with Gasteiger partial charge in [-0.05, 0) is 77.7 Å². The second kappa shape index (κ2) is 11.3. The van der Waals surface area contributed by atoms with Crippen LogP contribution in [0.2, 0.25) is 0 Å². The Kier molecular flexibility index (Phi) is 8.22. The van der Waals surface area contributed by atoms with Crippen LogP contribution in [0.25, 0.3) is 5.57 Å². The zero-order valence-corrected chi connectivity index (χ0v) is 19.9. The second-order valence-electron chi connectivity index (χ2n) is 9.12. The molecule has 32 heavy (non-hydrogen) atoms. The van der Waals surface area contributed by atoms with Crippen molar-refractivity contribution in [2.45, 2.75) is 52.0 Å². The van der Waals surface area contributed by atoms with Gasteiger partial charge in [0.15, 0.2) is 0 Å². The lowest BCUT2D eigenvalue weighted by atomic mass is 9.97. The molecule has 1 amide bonds. The smallest absolute Gasteiger partial charge is 0.226 e. The average Bonchev–Trinajstić information content (AvgIpc) is 3.37. The van der Waals surface area contributed by atoms with Crippen molar-refractivity contribution in [3.05, 3.63) is 46.7 Å². The standard InChI is InChI=1S/C25H35ClN4O2/c1-19-23(28-25(32-19)20-8-2-3-10-22(26)16-20)18-30-14-6-9-21(17-30)24(31)27-11-7-15-29-12-4-5-13-29/h2,8,10,16,21H,3-7,9,11-15,17-18H2,1H3,(H,27,31). The van der Waals surface area contributed by atoms with E-state index in [1.165, 1.54) is 25.9 Å². The molecular formula is C25H35ClN4O2. The van der Waals surface area contributed by atoms with E-state index in [1.807, 2.05) is 25.2 Å². The Hall–Kier alpha value is -1.89. The van der Waals surface area contributed by atoms with Crippen LogP contribution < -0.4 is 5.32 Å². The highest BCUT2D eigenvalue weighted by Gasteiger charge is 2.27. The van der Waals surface area contributed by atoms with Gasteiger partial charge in [0.25, 0.3) is 0 Å². The fourth-order valence-corrected chi connectivity index (χ4v) is 4.96. The summed E-state index contributed by atoms with van der Waals surface area (Å²) in [6.07, 6.45) is 14.4. The molecule has 174 valence electrons. The Labute approximate surface area is 196 Å². The number of amides is 1. The SMILES string of the molecule is Cc1oc(C2=CC(Cl)=CCC=C2)nc1CN1CCCC(C(=O)NCCCN2CCCC2)C1. The third-order valence-electron chi connectivity index (χ3n) is 6.58. The predicted octanol–water partition coefficient (Wildman–Crippen LogP) is 4.26. The summed E-state index contributed by atoms with van der Waals surface area (Å²) in [6.45, 7) is 8.72. The largest absolute Gasteiger partial charge is 0.441 e. The van der Waals surface area contributed by atoms with E-state index in [0.29, 0.717) is 17.5 Å². The van der Waals surface area contributed by atoms with Gasteiger partial charge in [0.05, 0.1) is 11.6 Å². The Morgan fingerprint density at radius 1 is 1.25 bits per heavy atom. The van der Waals surface area contributed by atoms with Crippen LogP contribution in [0, 0.1) is 12.8 Å². The van der Waals surface area contributed by atoms with Crippen LogP contribution in [0.5, 0.6) is 0 Å². The van der Waals surface area contributed by atoms with Gasteiger partial charge < -0.3 is 14.6 Å². The molecule has 1 aliphatic carbocycles. The molecule has 1 N–H and O–H groups in total. The van der Waals surface area contributed by atoms with Crippen LogP contribution >= 0.6 is 11.6 Å². The summed E-state index contributed by atoms with van der Waals surface area (Å²) in [5.74, 6) is 1.68. The van der Waals surface area contributed by atoms with E-state index in [4.69, 9.17) is 21.0 Å². The second-order valence-corrected chi connectivity index (χ2v) is 9.55. The first kappa shape index (κ1) is 23.3. The van der Waals surface area contributed by atoms with Crippen LogP contribution in [-0.4, -0.2) is 60.0 Å². The topological polar surface area (TPSA) is 61.6 Å². The molecule has 0 spiro atoms. The van der Waals surface area contributed by atoms with Crippen molar-refractivity contribution in [3.8, 4) is 0 Å². The first-order valence-corrected chi connectivity index (χ1v) is 12.4. The van der Waals surface area contributed by atoms with Gasteiger partial charge in [0.1, 0.15) is 5.76 Å². The van der Waals surface area contributed by atoms with Crippen molar-refractivity contribution in [1.82, 2.24) is 20.1 Å². The van der Waals surface area contributed by atoms with Crippen LogP contribution in [0.1, 0.15) is 55.9 Å². The van der Waals surface area contributed by atoms with E-state index in [-0.39, 0.29) is 11.8 Å². The van der Waals surface area contributed by atoms with E-state index in [1.54, 1.807) is 0 Å². The predicted molar refractivity (Wildman–Crippen MR) is 128 cm³/mol. The Morgan fingerprint density at radius 2 is 2.06 bits per heavy atom. The van der Waals surface area contributed by atoms with Gasteiger partial charge in [0.2, 0.25) is 11.8 Å². The number of halogens is 1. The number of carbonyl (C=O) groups is 1. The van der Waals surface area contributed by atoms with Gasteiger partial charge >= 0.3 is 0 Å². The summed E-state index contributed by atoms with van der Waals surface area (Å²) >= 11 is 6.22. The molecule has 1 aromatic rings. The quantitative estimate of drug-likeness (QED) is 0.589. The molecule has 4 rings (SSSR count). The minimum Gasteiger partial charge on any atom is -0.441 e. The minimum atomic E-state index is 0.0543. The summed E-state index contributed by atoms with van der Waals surface area (Å²) < 4.78 is 5.96. The van der Waals surface area contributed by atoms with Crippen LogP contribution in [-0.2, 0) is 11.3 Å². The number of hydrogen-bond acceptors (Lipinski definition) is 5. The van der Waals surface area contributed by atoms with Crippen LogP contribution in [0.3, 0.4) is 0 Å². The number of aryl methyl sites for hydroxylation is 1. The van der Waals surface area contributed by atoms with E-state index in [2.05, 4.69) is 21.2 Å². The molecule has 3 aliphatic rings. The van der Waals surface area contributed by atoms with E-state index >= 15 is 0 Å². The Balaban J connectivity index is 1.28. The van der Waals surface area contributed by atoms with Crippen molar-refractivity contribution in [2.75, 3.05) is 39.3 Å². The zero-order valence-electron chi connectivity index (χ0n) is 19.1. The van der Waals surface area contributed by atoms with E-state index in [0.717, 1.165) is 68.9 Å². The maximum Gasteiger partial charge on any atom is 0.226 e. The molecular weight excluding hydrogens is 424 g/mol. The van der Waals surface area contributed by atoms with Gasteiger partial charge in [-0.3, -0.25) is 9.69 Å².